The molecular formula is C12H13N3O4S. The predicted molar refractivity (Wildman–Crippen MR) is 71.6 cm³/mol. The summed E-state index contributed by atoms with van der Waals surface area (Å²) in [6.45, 7) is 2.36. The van der Waals surface area contributed by atoms with Gasteiger partial charge in [0.15, 0.2) is 0 Å². The highest BCUT2D eigenvalue weighted by Gasteiger charge is 2.09. The van der Waals surface area contributed by atoms with E-state index in [1.54, 1.807) is 0 Å². The van der Waals surface area contributed by atoms with Gasteiger partial charge < -0.3 is 20.2 Å². The molecule has 2 rings (SSSR count). The van der Waals surface area contributed by atoms with Crippen molar-refractivity contribution in [1.29, 1.82) is 0 Å². The highest BCUT2D eigenvalue weighted by molar-refractivity contribution is 7.09. The third-order valence-corrected chi connectivity index (χ3v) is 3.21. The number of aryl methyl sites for hydroxylation is 1. The van der Waals surface area contributed by atoms with Crippen LogP contribution in [0.25, 0.3) is 0 Å². The molecule has 0 aliphatic rings. The third-order valence-electron chi connectivity index (χ3n) is 2.39. The molecule has 0 atom stereocenters. The molecule has 2 aromatic rings. The summed E-state index contributed by atoms with van der Waals surface area (Å²) in [7, 11) is 0. The van der Waals surface area contributed by atoms with E-state index in [2.05, 4.69) is 15.6 Å². The van der Waals surface area contributed by atoms with E-state index < -0.39 is 5.97 Å². The molecule has 106 valence electrons. The minimum atomic E-state index is -1.14. The van der Waals surface area contributed by atoms with Crippen molar-refractivity contribution in [2.75, 3.05) is 0 Å². The number of aromatic carboxylic acids is 1. The number of aromatic nitrogens is 1. The molecule has 0 aliphatic heterocycles. The molecule has 2 aromatic heterocycles. The van der Waals surface area contributed by atoms with Crippen molar-refractivity contribution in [3.8, 4) is 0 Å². The molecule has 0 radical (unpaired) electrons. The van der Waals surface area contributed by atoms with Crippen molar-refractivity contribution in [2.45, 2.75) is 20.0 Å². The number of carbonyl (C=O) groups is 2. The van der Waals surface area contributed by atoms with Gasteiger partial charge >= 0.3 is 12.0 Å². The van der Waals surface area contributed by atoms with Crippen molar-refractivity contribution in [1.82, 2.24) is 15.6 Å². The van der Waals surface area contributed by atoms with Crippen molar-refractivity contribution in [3.63, 3.8) is 0 Å². The van der Waals surface area contributed by atoms with Crippen molar-refractivity contribution < 1.29 is 19.1 Å². The fraction of sp³-hybridized carbons (Fsp3) is 0.250. The standard InChI is InChI=1S/C12H13N3O4S/c1-7-15-8(6-20-7)4-13-12(18)14-5-9-2-3-10(19-9)11(16)17/h2-3,6H,4-5H2,1H3,(H,16,17)(H2,13,14,18). The van der Waals surface area contributed by atoms with Gasteiger partial charge in [-0.05, 0) is 19.1 Å². The third kappa shape index (κ3) is 3.82. The second-order valence-electron chi connectivity index (χ2n) is 3.97. The fourth-order valence-corrected chi connectivity index (χ4v) is 2.09. The number of rotatable bonds is 5. The van der Waals surface area contributed by atoms with E-state index in [-0.39, 0.29) is 18.3 Å². The normalized spacial score (nSPS) is 10.2. The number of carboxylic acids is 1. The van der Waals surface area contributed by atoms with Gasteiger partial charge in [0.2, 0.25) is 5.76 Å². The zero-order valence-corrected chi connectivity index (χ0v) is 11.5. The topological polar surface area (TPSA) is 104 Å². The molecule has 8 heteroatoms. The summed E-state index contributed by atoms with van der Waals surface area (Å²) in [4.78, 5) is 26.4. The van der Waals surface area contributed by atoms with E-state index in [4.69, 9.17) is 9.52 Å². The van der Waals surface area contributed by atoms with Gasteiger partial charge in [-0.2, -0.15) is 0 Å². The van der Waals surface area contributed by atoms with Crippen molar-refractivity contribution in [2.24, 2.45) is 0 Å². The van der Waals surface area contributed by atoms with Crippen LogP contribution in [-0.4, -0.2) is 22.1 Å². The van der Waals surface area contributed by atoms with Crippen molar-refractivity contribution >= 4 is 23.3 Å². The van der Waals surface area contributed by atoms with E-state index in [9.17, 15) is 9.59 Å². The number of furan rings is 1. The van der Waals surface area contributed by atoms with Crippen LogP contribution in [-0.2, 0) is 13.1 Å². The van der Waals surface area contributed by atoms with E-state index in [1.165, 1.54) is 23.5 Å². The zero-order valence-electron chi connectivity index (χ0n) is 10.7. The Labute approximate surface area is 118 Å². The SMILES string of the molecule is Cc1nc(CNC(=O)NCc2ccc(C(=O)O)o2)cs1. The van der Waals surface area contributed by atoms with Gasteiger partial charge in [0.1, 0.15) is 5.76 Å². The molecule has 3 N–H and O–H groups in total. The van der Waals surface area contributed by atoms with E-state index in [0.29, 0.717) is 12.3 Å². The second kappa shape index (κ2) is 6.20. The minimum absolute atomic E-state index is 0.120. The van der Waals surface area contributed by atoms with Gasteiger partial charge in [-0.3, -0.25) is 0 Å². The van der Waals surface area contributed by atoms with Crippen LogP contribution in [0.15, 0.2) is 21.9 Å². The summed E-state index contributed by atoms with van der Waals surface area (Å²) in [5.74, 6) is -0.915. The maximum Gasteiger partial charge on any atom is 0.371 e. The first-order valence-electron chi connectivity index (χ1n) is 5.79. The molecule has 0 unspecified atom stereocenters. The molecule has 0 aromatic carbocycles. The van der Waals surface area contributed by atoms with Gasteiger partial charge in [-0.25, -0.2) is 14.6 Å². The molecule has 0 spiro atoms. The Morgan fingerprint density at radius 1 is 1.35 bits per heavy atom. The lowest BCUT2D eigenvalue weighted by Crippen LogP contribution is -2.34. The van der Waals surface area contributed by atoms with Gasteiger partial charge in [-0.15, -0.1) is 11.3 Å². The molecule has 0 bridgehead atoms. The van der Waals surface area contributed by atoms with Crippen LogP contribution in [0.3, 0.4) is 0 Å². The summed E-state index contributed by atoms with van der Waals surface area (Å²) >= 11 is 1.52. The van der Waals surface area contributed by atoms with E-state index >= 15 is 0 Å². The quantitative estimate of drug-likeness (QED) is 0.779. The fourth-order valence-electron chi connectivity index (χ4n) is 1.48. The van der Waals surface area contributed by atoms with Crippen LogP contribution in [0.5, 0.6) is 0 Å². The lowest BCUT2D eigenvalue weighted by molar-refractivity contribution is 0.0660. The zero-order chi connectivity index (χ0) is 14.5. The average molecular weight is 295 g/mol. The number of thiazole rings is 1. The maximum absolute atomic E-state index is 11.5. The Balaban J connectivity index is 1.75. The van der Waals surface area contributed by atoms with Gasteiger partial charge in [0.05, 0.1) is 23.8 Å². The van der Waals surface area contributed by atoms with Gasteiger partial charge in [-0.1, -0.05) is 0 Å². The number of carbonyl (C=O) groups excluding carboxylic acids is 1. The van der Waals surface area contributed by atoms with Crippen LogP contribution in [0, 0.1) is 6.92 Å². The highest BCUT2D eigenvalue weighted by atomic mass is 32.1. The number of nitrogens with one attached hydrogen (secondary N) is 2. The largest absolute Gasteiger partial charge is 0.475 e. The summed E-state index contributed by atoms with van der Waals surface area (Å²) in [5.41, 5.74) is 0.800. The predicted octanol–water partition coefficient (Wildman–Crippen LogP) is 1.74. The van der Waals surface area contributed by atoms with Crippen LogP contribution in [0.4, 0.5) is 4.79 Å². The molecule has 2 amide bonds. The first-order chi connectivity index (χ1) is 9.54. The van der Waals surface area contributed by atoms with Gasteiger partial charge in [0.25, 0.3) is 0 Å². The number of hydrogen-bond donors (Lipinski definition) is 3. The lowest BCUT2D eigenvalue weighted by atomic mass is 10.4. The maximum atomic E-state index is 11.5. The van der Waals surface area contributed by atoms with Crippen LogP contribution in [0.2, 0.25) is 0 Å². The minimum Gasteiger partial charge on any atom is -0.475 e. The number of amides is 2. The molecule has 20 heavy (non-hydrogen) atoms. The second-order valence-corrected chi connectivity index (χ2v) is 5.03. The van der Waals surface area contributed by atoms with Crippen molar-refractivity contribution in [3.05, 3.63) is 39.7 Å². The average Bonchev–Trinajstić information content (AvgIpc) is 3.03. The molecule has 0 fully saturated rings. The summed E-state index contributed by atoms with van der Waals surface area (Å²) < 4.78 is 5.01. The van der Waals surface area contributed by atoms with Gasteiger partial charge in [0, 0.05) is 5.38 Å². The molecule has 0 saturated heterocycles. The Hall–Kier alpha value is -2.35. The summed E-state index contributed by atoms with van der Waals surface area (Å²) in [6, 6.07) is 2.48. The van der Waals surface area contributed by atoms with E-state index in [0.717, 1.165) is 10.7 Å². The van der Waals surface area contributed by atoms with Crippen LogP contribution in [0.1, 0.15) is 27.0 Å². The summed E-state index contributed by atoms with van der Waals surface area (Å²) in [5, 5.41) is 16.7. The number of nitrogens with zero attached hydrogens (tertiary/aromatic N) is 1. The Bertz CT molecular complexity index is 620. The Kier molecular flexibility index (Phi) is 4.36. The number of carboxylic acid groups (broad SMARTS) is 1. The first kappa shape index (κ1) is 14.1. The molecule has 2 heterocycles. The molecule has 0 saturated carbocycles. The summed E-state index contributed by atoms with van der Waals surface area (Å²) in [6.07, 6.45) is 0. The van der Waals surface area contributed by atoms with Crippen LogP contribution < -0.4 is 10.6 Å². The highest BCUT2D eigenvalue weighted by Crippen LogP contribution is 2.08. The Morgan fingerprint density at radius 3 is 2.70 bits per heavy atom. The molecule has 0 aliphatic carbocycles. The smallest absolute Gasteiger partial charge is 0.371 e. The lowest BCUT2D eigenvalue weighted by Gasteiger charge is -2.04. The first-order valence-corrected chi connectivity index (χ1v) is 6.67. The Morgan fingerprint density at radius 2 is 2.10 bits per heavy atom. The van der Waals surface area contributed by atoms with E-state index in [1.807, 2.05) is 12.3 Å². The monoisotopic (exact) mass is 295 g/mol. The molecule has 7 nitrogen and oxygen atoms in total. The number of urea groups is 1. The van der Waals surface area contributed by atoms with Crippen LogP contribution >= 0.6 is 11.3 Å². The molecular weight excluding hydrogens is 282 g/mol. The number of hydrogen-bond acceptors (Lipinski definition) is 5.